The normalized spacial score (nSPS) is 11.7. The van der Waals surface area contributed by atoms with Crippen LogP contribution < -0.4 is 5.73 Å². The molecule has 0 radical (unpaired) electrons. The van der Waals surface area contributed by atoms with Crippen molar-refractivity contribution in [3.63, 3.8) is 0 Å². The van der Waals surface area contributed by atoms with Crippen molar-refractivity contribution in [1.29, 1.82) is 0 Å². The number of ether oxygens (including phenoxy) is 2. The molecule has 0 aromatic carbocycles. The fraction of sp³-hybridized carbons (Fsp3) is 0.962. The van der Waals surface area contributed by atoms with Crippen molar-refractivity contribution in [3.05, 3.63) is 0 Å². The van der Waals surface area contributed by atoms with E-state index < -0.39 is 0 Å². The van der Waals surface area contributed by atoms with Crippen molar-refractivity contribution in [1.82, 2.24) is 4.90 Å². The first-order valence-corrected chi connectivity index (χ1v) is 26.2. The topological polar surface area (TPSA) is 81.9 Å². The van der Waals surface area contributed by atoms with E-state index in [1.165, 1.54) is 186 Å². The van der Waals surface area contributed by atoms with Gasteiger partial charge in [-0.2, -0.15) is 0 Å². The molecule has 0 saturated carbocycles. The number of carbonyl (C=O) groups is 2. The molecule has 0 rings (SSSR count). The molecule has 0 amide bonds. The Kier molecular flexibility index (Phi) is 46.0. The number of nitrogens with zero attached hydrogens (tertiary/aromatic N) is 1. The van der Waals surface area contributed by atoms with Crippen molar-refractivity contribution >= 4 is 11.9 Å². The lowest BCUT2D eigenvalue weighted by atomic mass is 9.91. The van der Waals surface area contributed by atoms with E-state index in [0.29, 0.717) is 26.1 Å². The summed E-state index contributed by atoms with van der Waals surface area (Å²) in [6.07, 6.45) is 46.3. The van der Waals surface area contributed by atoms with Crippen LogP contribution in [0.2, 0.25) is 0 Å². The van der Waals surface area contributed by atoms with Crippen LogP contribution in [0.4, 0.5) is 0 Å². The summed E-state index contributed by atoms with van der Waals surface area (Å²) in [4.78, 5) is 27.4. The number of nitrogens with two attached hydrogens (primary N) is 1. The summed E-state index contributed by atoms with van der Waals surface area (Å²) in [5.74, 6) is 1.63. The van der Waals surface area contributed by atoms with Gasteiger partial charge in [-0.25, -0.2) is 0 Å². The van der Waals surface area contributed by atoms with Gasteiger partial charge in [-0.3, -0.25) is 9.59 Å². The summed E-state index contributed by atoms with van der Waals surface area (Å²) in [6, 6.07) is 0. The maximum atomic E-state index is 12.4. The Labute approximate surface area is 363 Å². The molecule has 0 aliphatic heterocycles. The number of unbranched alkanes of at least 4 members (excludes halogenated alkanes) is 21. The van der Waals surface area contributed by atoms with E-state index in [9.17, 15) is 9.59 Å². The Morgan fingerprint density at radius 2 is 0.672 bits per heavy atom. The van der Waals surface area contributed by atoms with E-state index in [0.717, 1.165) is 83.0 Å². The van der Waals surface area contributed by atoms with Crippen molar-refractivity contribution < 1.29 is 19.1 Å². The lowest BCUT2D eigenvalue weighted by Crippen LogP contribution is -2.27. The highest BCUT2D eigenvalue weighted by Gasteiger charge is 2.12. The van der Waals surface area contributed by atoms with Crippen molar-refractivity contribution in [2.75, 3.05) is 39.4 Å². The smallest absolute Gasteiger partial charge is 0.305 e. The first-order valence-electron chi connectivity index (χ1n) is 26.2. The molecule has 58 heavy (non-hydrogen) atoms. The molecule has 0 spiro atoms. The third kappa shape index (κ3) is 41.6. The minimum absolute atomic E-state index is 0.00361. The van der Waals surface area contributed by atoms with Gasteiger partial charge in [-0.05, 0) is 102 Å². The third-order valence-corrected chi connectivity index (χ3v) is 12.5. The molecule has 0 fully saturated rings. The summed E-state index contributed by atoms with van der Waals surface area (Å²) >= 11 is 0. The average Bonchev–Trinajstić information content (AvgIpc) is 3.22. The Morgan fingerprint density at radius 3 is 1.02 bits per heavy atom. The molecular formula is C52H104N2O4. The van der Waals surface area contributed by atoms with E-state index >= 15 is 0 Å². The van der Waals surface area contributed by atoms with Gasteiger partial charge in [0.2, 0.25) is 0 Å². The highest BCUT2D eigenvalue weighted by atomic mass is 16.5. The minimum Gasteiger partial charge on any atom is -0.466 e. The van der Waals surface area contributed by atoms with Crippen LogP contribution in [0.1, 0.15) is 272 Å². The highest BCUT2D eigenvalue weighted by molar-refractivity contribution is 5.69. The molecule has 0 unspecified atom stereocenters. The molecule has 0 atom stereocenters. The van der Waals surface area contributed by atoms with Gasteiger partial charge in [0.15, 0.2) is 0 Å². The van der Waals surface area contributed by atoms with Gasteiger partial charge in [-0.1, -0.05) is 195 Å². The predicted molar refractivity (Wildman–Crippen MR) is 253 cm³/mol. The van der Waals surface area contributed by atoms with Crippen molar-refractivity contribution in [2.45, 2.75) is 272 Å². The maximum absolute atomic E-state index is 12.4. The quantitative estimate of drug-likeness (QED) is 0.0486. The number of carbonyl (C=O) groups excluding carboxylic acids is 2. The molecule has 0 aliphatic carbocycles. The van der Waals surface area contributed by atoms with Crippen LogP contribution in [-0.2, 0) is 19.1 Å². The summed E-state index contributed by atoms with van der Waals surface area (Å²) in [6.45, 7) is 14.6. The summed E-state index contributed by atoms with van der Waals surface area (Å²) in [5, 5.41) is 0. The van der Waals surface area contributed by atoms with Crippen LogP contribution in [0, 0.1) is 11.8 Å². The second-order valence-corrected chi connectivity index (χ2v) is 18.2. The van der Waals surface area contributed by atoms with E-state index in [2.05, 4.69) is 32.6 Å². The summed E-state index contributed by atoms with van der Waals surface area (Å²) in [7, 11) is 0. The molecule has 2 N–H and O–H groups in total. The number of rotatable bonds is 48. The second kappa shape index (κ2) is 46.9. The number of esters is 2. The molecular weight excluding hydrogens is 717 g/mol. The molecule has 0 heterocycles. The van der Waals surface area contributed by atoms with E-state index in [-0.39, 0.29) is 11.9 Å². The van der Waals surface area contributed by atoms with E-state index in [1.54, 1.807) is 0 Å². The van der Waals surface area contributed by atoms with Gasteiger partial charge in [0.25, 0.3) is 0 Å². The van der Waals surface area contributed by atoms with Crippen molar-refractivity contribution in [2.24, 2.45) is 17.6 Å². The number of hydrogen-bond donors (Lipinski definition) is 1. The standard InChI is InChI=1S/C52H104N2O4/c1-5-9-13-23-35-49(36-24-14-10-6-2)39-33-47-57-51(55)41-27-19-17-21-30-44-54(46-32-29-43-53)45-31-22-18-20-28-42-52(56)58-48-34-40-50(37-25-15-11-7-3)38-26-16-12-8-4/h49-50H,5-48,53H2,1-4H3. The Morgan fingerprint density at radius 1 is 0.379 bits per heavy atom. The van der Waals surface area contributed by atoms with Gasteiger partial charge in [0.1, 0.15) is 0 Å². The van der Waals surface area contributed by atoms with Crippen LogP contribution >= 0.6 is 0 Å². The molecule has 6 heteroatoms. The number of hydrogen-bond acceptors (Lipinski definition) is 6. The van der Waals surface area contributed by atoms with E-state index in [1.807, 2.05) is 0 Å². The van der Waals surface area contributed by atoms with Crippen LogP contribution in [0.25, 0.3) is 0 Å². The third-order valence-electron chi connectivity index (χ3n) is 12.5. The van der Waals surface area contributed by atoms with Gasteiger partial charge < -0.3 is 20.1 Å². The zero-order chi connectivity index (χ0) is 42.4. The van der Waals surface area contributed by atoms with Crippen LogP contribution in [0.5, 0.6) is 0 Å². The fourth-order valence-electron chi connectivity index (χ4n) is 8.65. The van der Waals surface area contributed by atoms with Crippen LogP contribution in [0.3, 0.4) is 0 Å². The van der Waals surface area contributed by atoms with Gasteiger partial charge in [0.05, 0.1) is 13.2 Å². The lowest BCUT2D eigenvalue weighted by molar-refractivity contribution is -0.144. The maximum Gasteiger partial charge on any atom is 0.305 e. The molecule has 0 aliphatic rings. The Balaban J connectivity index is 4.06. The zero-order valence-electron chi connectivity index (χ0n) is 39.9. The SMILES string of the molecule is CCCCCCC(CCCCCC)CCCOC(=O)CCCCCCCN(CCCCN)CCCCCCCC(=O)OCCCC(CCCCCC)CCCCCC. The van der Waals surface area contributed by atoms with Gasteiger partial charge in [-0.15, -0.1) is 0 Å². The van der Waals surface area contributed by atoms with Gasteiger partial charge in [0, 0.05) is 12.8 Å². The molecule has 6 nitrogen and oxygen atoms in total. The summed E-state index contributed by atoms with van der Waals surface area (Å²) in [5.41, 5.74) is 5.80. The molecule has 0 saturated heterocycles. The first-order chi connectivity index (χ1) is 28.5. The Hall–Kier alpha value is -1.14. The van der Waals surface area contributed by atoms with Crippen LogP contribution in [-0.4, -0.2) is 56.2 Å². The molecule has 0 aromatic rings. The minimum atomic E-state index is 0.00361. The predicted octanol–water partition coefficient (Wildman–Crippen LogP) is 15.5. The second-order valence-electron chi connectivity index (χ2n) is 18.2. The largest absolute Gasteiger partial charge is 0.466 e. The fourth-order valence-corrected chi connectivity index (χ4v) is 8.65. The molecule has 0 bridgehead atoms. The monoisotopic (exact) mass is 821 g/mol. The van der Waals surface area contributed by atoms with E-state index in [4.69, 9.17) is 15.2 Å². The summed E-state index contributed by atoms with van der Waals surface area (Å²) < 4.78 is 11.3. The molecule has 0 aromatic heterocycles. The zero-order valence-corrected chi connectivity index (χ0v) is 39.9. The van der Waals surface area contributed by atoms with Crippen LogP contribution in [0.15, 0.2) is 0 Å². The highest BCUT2D eigenvalue weighted by Crippen LogP contribution is 2.24. The molecule has 346 valence electrons. The van der Waals surface area contributed by atoms with Gasteiger partial charge >= 0.3 is 11.9 Å². The Bertz CT molecular complexity index is 752. The first kappa shape index (κ1) is 56.9. The van der Waals surface area contributed by atoms with Crippen molar-refractivity contribution in [3.8, 4) is 0 Å². The lowest BCUT2D eigenvalue weighted by Gasteiger charge is -2.22. The average molecular weight is 821 g/mol.